The quantitative estimate of drug-likeness (QED) is 0.0656. The average Bonchev–Trinajstić information content (AvgIpc) is 3.24. The fraction of sp³-hybridized carbons (Fsp3) is 0.167. The number of aryl methyl sites for hydroxylation is 2. The van der Waals surface area contributed by atoms with Gasteiger partial charge < -0.3 is 25.7 Å². The van der Waals surface area contributed by atoms with E-state index >= 15 is 0 Å². The molecule has 284 valence electrons. The van der Waals surface area contributed by atoms with Crippen LogP contribution in [0.2, 0.25) is 0 Å². The fourth-order valence-electron chi connectivity index (χ4n) is 7.96. The summed E-state index contributed by atoms with van der Waals surface area (Å²) in [6.07, 6.45) is 4.03. The Kier molecular flexibility index (Phi) is 11.4. The van der Waals surface area contributed by atoms with Gasteiger partial charge in [-0.25, -0.2) is 14.4 Å². The van der Waals surface area contributed by atoms with Gasteiger partial charge in [0.25, 0.3) is 0 Å². The first-order valence-electron chi connectivity index (χ1n) is 19.0. The number of nitrogens with zero attached hydrogens (tertiary/aromatic N) is 3. The molecule has 0 bridgehead atoms. The fourth-order valence-corrected chi connectivity index (χ4v) is 7.96. The van der Waals surface area contributed by atoms with Crippen LogP contribution in [0.5, 0.6) is 0 Å². The molecule has 9 nitrogen and oxygen atoms in total. The highest BCUT2D eigenvalue weighted by molar-refractivity contribution is 5.98. The van der Waals surface area contributed by atoms with Crippen LogP contribution in [-0.2, 0) is 25.9 Å². The second-order valence-electron chi connectivity index (χ2n) is 14.2. The maximum Gasteiger partial charge on any atom is 0.336 e. The van der Waals surface area contributed by atoms with Crippen molar-refractivity contribution in [1.82, 2.24) is 0 Å². The molecule has 57 heavy (non-hydrogen) atoms. The molecule has 0 radical (unpaired) electrons. The number of carbonyl (C=O) groups is 2. The van der Waals surface area contributed by atoms with E-state index in [0.717, 1.165) is 83.4 Å². The van der Waals surface area contributed by atoms with Crippen molar-refractivity contribution in [2.45, 2.75) is 38.8 Å². The summed E-state index contributed by atoms with van der Waals surface area (Å²) in [4.78, 5) is 31.6. The normalized spacial score (nSPS) is 13.0. The van der Waals surface area contributed by atoms with Crippen molar-refractivity contribution in [3.8, 4) is 22.3 Å². The molecule has 6 aromatic rings. The third kappa shape index (κ3) is 8.41. The minimum absolute atomic E-state index is 0.0838. The highest BCUT2D eigenvalue weighted by Gasteiger charge is 2.22. The zero-order chi connectivity index (χ0) is 39.9. The van der Waals surface area contributed by atoms with Crippen molar-refractivity contribution in [1.29, 1.82) is 5.41 Å². The molecule has 2 aliphatic rings. The van der Waals surface area contributed by atoms with E-state index in [4.69, 9.17) is 17.7 Å². The number of carboxylic acids is 2. The van der Waals surface area contributed by atoms with Gasteiger partial charge in [-0.1, -0.05) is 97.1 Å². The highest BCUT2D eigenvalue weighted by atomic mass is 16.4. The van der Waals surface area contributed by atoms with E-state index in [1.54, 1.807) is 24.3 Å². The summed E-state index contributed by atoms with van der Waals surface area (Å²) in [5.74, 6) is -1.75. The molecule has 5 N–H and O–H groups in total. The Morgan fingerprint density at radius 1 is 0.614 bits per heavy atom. The molecule has 2 aliphatic heterocycles. The SMILES string of the molecule is N=C(N)c1ccc2c(c1)CCCN2Cc1ccccc1-c1ccccc1C(=O)O.[C-]#[N+]c1ccc2c(c1)CCCN2Cc1ccccc1-c1ccccc1C(=O)O. The molecule has 0 atom stereocenters. The van der Waals surface area contributed by atoms with Gasteiger partial charge in [0, 0.05) is 43.1 Å². The number of benzene rings is 6. The maximum absolute atomic E-state index is 11.7. The second-order valence-corrected chi connectivity index (χ2v) is 14.2. The number of hydrogen-bond donors (Lipinski definition) is 4. The lowest BCUT2D eigenvalue weighted by molar-refractivity contribution is 0.0687. The highest BCUT2D eigenvalue weighted by Crippen LogP contribution is 2.36. The monoisotopic (exact) mass is 753 g/mol. The van der Waals surface area contributed by atoms with Crippen molar-refractivity contribution >= 4 is 34.8 Å². The molecule has 0 spiro atoms. The lowest BCUT2D eigenvalue weighted by atomic mass is 9.94. The summed E-state index contributed by atoms with van der Waals surface area (Å²) in [5.41, 5.74) is 18.0. The third-order valence-electron chi connectivity index (χ3n) is 10.7. The number of nitrogen functional groups attached to an aromatic ring is 1. The molecule has 0 fully saturated rings. The molecule has 0 aliphatic carbocycles. The molecule has 9 heteroatoms. The molecule has 0 amide bonds. The van der Waals surface area contributed by atoms with Gasteiger partial charge in [-0.05, 0) is 107 Å². The summed E-state index contributed by atoms with van der Waals surface area (Å²) in [7, 11) is 0. The first-order chi connectivity index (χ1) is 27.7. The largest absolute Gasteiger partial charge is 0.478 e. The van der Waals surface area contributed by atoms with Gasteiger partial charge >= 0.3 is 11.9 Å². The number of fused-ring (bicyclic) bond motifs is 2. The number of anilines is 2. The van der Waals surface area contributed by atoms with Gasteiger partial charge in [-0.15, -0.1) is 0 Å². The van der Waals surface area contributed by atoms with Crippen molar-refractivity contribution in [2.75, 3.05) is 22.9 Å². The Morgan fingerprint density at radius 3 is 1.53 bits per heavy atom. The summed E-state index contributed by atoms with van der Waals surface area (Å²) in [6.45, 7) is 10.5. The molecule has 6 aromatic carbocycles. The van der Waals surface area contributed by atoms with Crippen LogP contribution >= 0.6 is 0 Å². The van der Waals surface area contributed by atoms with E-state index in [0.29, 0.717) is 29.9 Å². The van der Waals surface area contributed by atoms with Gasteiger partial charge in [-0.3, -0.25) is 5.41 Å². The lowest BCUT2D eigenvalue weighted by Crippen LogP contribution is -2.29. The Labute approximate surface area is 332 Å². The molecule has 0 aromatic heterocycles. The molecule has 8 rings (SSSR count). The zero-order valence-electron chi connectivity index (χ0n) is 31.5. The summed E-state index contributed by atoms with van der Waals surface area (Å²) < 4.78 is 0. The van der Waals surface area contributed by atoms with Crippen molar-refractivity contribution in [3.05, 3.63) is 184 Å². The Hall–Kier alpha value is -7.18. The number of amidine groups is 1. The first-order valence-corrected chi connectivity index (χ1v) is 19.0. The average molecular weight is 754 g/mol. The van der Waals surface area contributed by atoms with Crippen LogP contribution < -0.4 is 15.5 Å². The molecule has 0 unspecified atom stereocenters. The second kappa shape index (κ2) is 17.1. The molecule has 0 saturated carbocycles. The summed E-state index contributed by atoms with van der Waals surface area (Å²) in [6, 6.07) is 42.1. The summed E-state index contributed by atoms with van der Waals surface area (Å²) >= 11 is 0. The molecular weight excluding hydrogens is 711 g/mol. The lowest BCUT2D eigenvalue weighted by Gasteiger charge is -2.32. The van der Waals surface area contributed by atoms with Crippen molar-refractivity contribution in [2.24, 2.45) is 5.73 Å². The first kappa shape index (κ1) is 38.1. The smallest absolute Gasteiger partial charge is 0.336 e. The maximum atomic E-state index is 11.7. The van der Waals surface area contributed by atoms with E-state index in [2.05, 4.69) is 26.8 Å². The van der Waals surface area contributed by atoms with Gasteiger partial charge in [0.1, 0.15) is 5.84 Å². The van der Waals surface area contributed by atoms with Gasteiger partial charge in [0.15, 0.2) is 5.69 Å². The van der Waals surface area contributed by atoms with Crippen LogP contribution in [0, 0.1) is 12.0 Å². The number of carboxylic acid groups (broad SMARTS) is 2. The third-order valence-corrected chi connectivity index (χ3v) is 10.7. The van der Waals surface area contributed by atoms with Gasteiger partial charge in [-0.2, -0.15) is 0 Å². The van der Waals surface area contributed by atoms with Gasteiger partial charge in [0.2, 0.25) is 0 Å². The van der Waals surface area contributed by atoms with Crippen molar-refractivity contribution in [3.63, 3.8) is 0 Å². The van der Waals surface area contributed by atoms with Crippen LogP contribution in [0.3, 0.4) is 0 Å². The predicted octanol–water partition coefficient (Wildman–Crippen LogP) is 9.84. The predicted molar refractivity (Wildman–Crippen MR) is 227 cm³/mol. The minimum atomic E-state index is -0.921. The number of aromatic carboxylic acids is 2. The number of rotatable bonds is 9. The molecule has 0 saturated heterocycles. The van der Waals surface area contributed by atoms with E-state index < -0.39 is 11.9 Å². The van der Waals surface area contributed by atoms with E-state index in [-0.39, 0.29) is 5.84 Å². The van der Waals surface area contributed by atoms with E-state index in [1.165, 1.54) is 16.8 Å². The van der Waals surface area contributed by atoms with Crippen LogP contribution in [-0.4, -0.2) is 41.1 Å². The summed E-state index contributed by atoms with van der Waals surface area (Å²) in [5, 5.41) is 26.9. The Bertz CT molecular complexity index is 2520. The van der Waals surface area contributed by atoms with Gasteiger partial charge in [0.05, 0.1) is 17.7 Å². The van der Waals surface area contributed by atoms with Crippen LogP contribution in [0.4, 0.5) is 17.1 Å². The minimum Gasteiger partial charge on any atom is -0.478 e. The standard InChI is InChI=1S/C24H23N3O2.C24H20N2O2/c25-23(26)17-11-12-22-16(14-17)7-5-13-27(22)15-18-6-1-2-8-19(18)20-9-3-4-10-21(20)24(28)29;1-25-19-12-13-23-17(15-19)8-6-14-26(23)16-18-7-2-3-9-20(18)21-10-4-5-11-22(21)24(27)28/h1-4,6,8-12,14H,5,7,13,15H2,(H3,25,26)(H,28,29);2-5,7,9-13,15H,6,8,14,16H2,(H,27,28). The molecular formula is C48H43N5O4. The van der Waals surface area contributed by atoms with E-state index in [9.17, 15) is 19.8 Å². The number of nitrogens with one attached hydrogen (secondary N) is 1. The van der Waals surface area contributed by atoms with Crippen LogP contribution in [0.15, 0.2) is 133 Å². The van der Waals surface area contributed by atoms with Crippen molar-refractivity contribution < 1.29 is 19.8 Å². The van der Waals surface area contributed by atoms with Crippen LogP contribution in [0.25, 0.3) is 27.1 Å². The topological polar surface area (TPSA) is 135 Å². The Balaban J connectivity index is 0.000000174. The molecule has 2 heterocycles. The zero-order valence-corrected chi connectivity index (χ0v) is 31.5. The Morgan fingerprint density at radius 2 is 1.05 bits per heavy atom. The number of hydrogen-bond acceptors (Lipinski definition) is 5. The van der Waals surface area contributed by atoms with E-state index in [1.807, 2.05) is 97.1 Å². The van der Waals surface area contributed by atoms with Crippen LogP contribution in [0.1, 0.15) is 61.4 Å². The number of nitrogens with two attached hydrogens (primary N) is 1.